The summed E-state index contributed by atoms with van der Waals surface area (Å²) in [6.45, 7) is 1.03. The Bertz CT molecular complexity index is 688. The highest BCUT2D eigenvalue weighted by molar-refractivity contribution is 5.79. The number of ether oxygens (including phenoxy) is 3. The van der Waals surface area contributed by atoms with Crippen molar-refractivity contribution in [3.8, 4) is 5.75 Å². The van der Waals surface area contributed by atoms with Crippen molar-refractivity contribution in [1.29, 1.82) is 0 Å². The van der Waals surface area contributed by atoms with Gasteiger partial charge in [0.25, 0.3) is 0 Å². The summed E-state index contributed by atoms with van der Waals surface area (Å²) in [6, 6.07) is 5.06. The third-order valence-electron chi connectivity index (χ3n) is 4.70. The van der Waals surface area contributed by atoms with E-state index in [0.29, 0.717) is 41.6 Å². The van der Waals surface area contributed by atoms with Gasteiger partial charge >= 0.3 is 0 Å². The Balaban J connectivity index is 2.04. The van der Waals surface area contributed by atoms with Gasteiger partial charge in [-0.05, 0) is 24.5 Å². The molecule has 0 aromatic heterocycles. The summed E-state index contributed by atoms with van der Waals surface area (Å²) in [4.78, 5) is 0. The molecule has 2 unspecified atom stereocenters. The van der Waals surface area contributed by atoms with Gasteiger partial charge in [0.15, 0.2) is 0 Å². The molecule has 116 valence electrons. The van der Waals surface area contributed by atoms with Crippen molar-refractivity contribution >= 4 is 11.5 Å². The normalized spacial score (nSPS) is 33.0. The number of hydrogen-bond acceptors (Lipinski definition) is 5. The Hall–Kier alpha value is -2.30. The first kappa shape index (κ1) is 13.4. The van der Waals surface area contributed by atoms with E-state index in [1.807, 2.05) is 0 Å². The topological polar surface area (TPSA) is 73.8 Å². The number of fused-ring (bicyclic) bond motifs is 4. The van der Waals surface area contributed by atoms with Crippen LogP contribution in [0.1, 0.15) is 24.0 Å². The molecule has 2 saturated heterocycles. The second-order valence-corrected chi connectivity index (χ2v) is 5.76. The Kier molecular flexibility index (Phi) is 2.96. The van der Waals surface area contributed by atoms with Crippen LogP contribution in [0.4, 0.5) is 0 Å². The average Bonchev–Trinajstić information content (AvgIpc) is 3.19. The molecule has 5 heteroatoms. The Morgan fingerprint density at radius 2 is 1.64 bits per heavy atom. The molecule has 1 aromatic rings. The van der Waals surface area contributed by atoms with E-state index in [4.69, 9.17) is 14.2 Å². The van der Waals surface area contributed by atoms with E-state index in [2.05, 4.69) is 0 Å². The van der Waals surface area contributed by atoms with Gasteiger partial charge in [0, 0.05) is 17.4 Å². The van der Waals surface area contributed by atoms with E-state index < -0.39 is 0 Å². The zero-order chi connectivity index (χ0) is 15.3. The molecule has 0 bridgehead atoms. The molecular weight excluding hydrogens is 284 g/mol. The lowest BCUT2D eigenvalue weighted by Gasteiger charge is -2.32. The summed E-state index contributed by atoms with van der Waals surface area (Å²) in [7, 11) is 1.49. The number of methoxy groups -OCH3 is 1. The van der Waals surface area contributed by atoms with Crippen LogP contribution in [-0.2, 0) is 9.47 Å². The Labute approximate surface area is 128 Å². The minimum atomic E-state index is -0.228. The molecule has 3 aliphatic rings. The molecule has 1 aliphatic carbocycles. The fourth-order valence-electron chi connectivity index (χ4n) is 3.68. The fourth-order valence-corrected chi connectivity index (χ4v) is 3.68. The first-order chi connectivity index (χ1) is 10.7. The third-order valence-corrected chi connectivity index (χ3v) is 4.70. The maximum absolute atomic E-state index is 12.9. The summed E-state index contributed by atoms with van der Waals surface area (Å²) in [5.41, 5.74) is 0.631. The van der Waals surface area contributed by atoms with Crippen molar-refractivity contribution in [1.82, 2.24) is 0 Å². The summed E-state index contributed by atoms with van der Waals surface area (Å²) < 4.78 is 16.6. The second kappa shape index (κ2) is 4.87. The van der Waals surface area contributed by atoms with E-state index in [1.54, 1.807) is 18.2 Å². The quantitative estimate of drug-likeness (QED) is 0.768. The molecular formula is C17H16O5-2. The van der Waals surface area contributed by atoms with E-state index >= 15 is 0 Å². The van der Waals surface area contributed by atoms with E-state index in [0.717, 1.165) is 12.8 Å². The van der Waals surface area contributed by atoms with Crippen molar-refractivity contribution in [2.24, 2.45) is 11.8 Å². The van der Waals surface area contributed by atoms with Crippen LogP contribution in [-0.4, -0.2) is 20.3 Å². The van der Waals surface area contributed by atoms with Gasteiger partial charge < -0.3 is 24.4 Å². The zero-order valence-corrected chi connectivity index (χ0v) is 12.3. The predicted molar refractivity (Wildman–Crippen MR) is 75.0 cm³/mol. The monoisotopic (exact) mass is 300 g/mol. The van der Waals surface area contributed by atoms with Crippen LogP contribution in [0, 0.1) is 11.8 Å². The smallest absolute Gasteiger partial charge is 0.126 e. The second-order valence-electron chi connectivity index (χ2n) is 5.76. The SMILES string of the molecule is COc1cccc2c1/C([O-])=C1/OCCC1C1CCO/C1=C/2[O-]. The van der Waals surface area contributed by atoms with Gasteiger partial charge in [-0.2, -0.15) is 0 Å². The average molecular weight is 300 g/mol. The zero-order valence-electron chi connectivity index (χ0n) is 12.3. The van der Waals surface area contributed by atoms with Gasteiger partial charge in [-0.15, -0.1) is 0 Å². The van der Waals surface area contributed by atoms with Gasteiger partial charge in [0.2, 0.25) is 0 Å². The molecule has 2 aliphatic heterocycles. The first-order valence-electron chi connectivity index (χ1n) is 7.48. The fraction of sp³-hybridized carbons (Fsp3) is 0.412. The summed E-state index contributed by atoms with van der Waals surface area (Å²) >= 11 is 0. The number of hydrogen-bond donors (Lipinski definition) is 0. The Morgan fingerprint density at radius 1 is 1.00 bits per heavy atom. The van der Waals surface area contributed by atoms with Crippen molar-refractivity contribution in [2.75, 3.05) is 20.3 Å². The Morgan fingerprint density at radius 3 is 2.27 bits per heavy atom. The lowest BCUT2D eigenvalue weighted by Crippen LogP contribution is -2.24. The standard InChI is InChI=1S/C17H18O5/c1-20-12-4-2-3-11-13(12)15(19)17-10(6-8-22-17)9-5-7-21-16(9)14(11)18/h2-4,9-10,18-19H,5-8H2,1H3/p-2/b16-14-,17-15-. The maximum atomic E-state index is 12.9. The molecule has 4 rings (SSSR count). The molecule has 0 saturated carbocycles. The highest BCUT2D eigenvalue weighted by Gasteiger charge is 2.39. The third kappa shape index (κ3) is 1.71. The van der Waals surface area contributed by atoms with Crippen LogP contribution in [0.3, 0.4) is 0 Å². The van der Waals surface area contributed by atoms with Crippen LogP contribution in [0.2, 0.25) is 0 Å². The van der Waals surface area contributed by atoms with Crippen molar-refractivity contribution in [2.45, 2.75) is 12.8 Å². The summed E-state index contributed by atoms with van der Waals surface area (Å²) in [5.74, 6) is 0.779. The summed E-state index contributed by atoms with van der Waals surface area (Å²) in [5, 5.41) is 25.8. The van der Waals surface area contributed by atoms with Gasteiger partial charge in [0.1, 0.15) is 5.75 Å². The molecule has 22 heavy (non-hydrogen) atoms. The maximum Gasteiger partial charge on any atom is 0.126 e. The van der Waals surface area contributed by atoms with Crippen LogP contribution >= 0.6 is 0 Å². The van der Waals surface area contributed by atoms with Gasteiger partial charge in [-0.1, -0.05) is 23.7 Å². The minimum absolute atomic E-state index is 0.0479. The van der Waals surface area contributed by atoms with E-state index in [9.17, 15) is 10.2 Å². The van der Waals surface area contributed by atoms with Crippen LogP contribution in [0.15, 0.2) is 29.7 Å². The lowest BCUT2D eigenvalue weighted by atomic mass is 9.82. The van der Waals surface area contributed by atoms with E-state index in [1.165, 1.54) is 7.11 Å². The highest BCUT2D eigenvalue weighted by Crippen LogP contribution is 2.47. The minimum Gasteiger partial charge on any atom is -0.870 e. The molecule has 2 atom stereocenters. The lowest BCUT2D eigenvalue weighted by molar-refractivity contribution is -0.253. The molecule has 5 nitrogen and oxygen atoms in total. The first-order valence-corrected chi connectivity index (χ1v) is 7.48. The largest absolute Gasteiger partial charge is 0.870 e. The van der Waals surface area contributed by atoms with Crippen molar-refractivity contribution < 1.29 is 24.4 Å². The van der Waals surface area contributed by atoms with Gasteiger partial charge in [-0.25, -0.2) is 0 Å². The molecule has 0 spiro atoms. The molecule has 0 N–H and O–H groups in total. The predicted octanol–water partition coefficient (Wildman–Crippen LogP) is 0.840. The molecule has 2 heterocycles. The van der Waals surface area contributed by atoms with Gasteiger partial charge in [0.05, 0.1) is 31.8 Å². The van der Waals surface area contributed by atoms with Crippen LogP contribution in [0.25, 0.3) is 11.5 Å². The van der Waals surface area contributed by atoms with Crippen molar-refractivity contribution in [3.05, 3.63) is 40.8 Å². The molecule has 2 fully saturated rings. The molecule has 0 radical (unpaired) electrons. The number of allylic oxidation sites excluding steroid dienone is 2. The molecule has 0 amide bonds. The molecule has 1 aromatic carbocycles. The van der Waals surface area contributed by atoms with Crippen molar-refractivity contribution in [3.63, 3.8) is 0 Å². The van der Waals surface area contributed by atoms with Gasteiger partial charge in [-0.3, -0.25) is 0 Å². The van der Waals surface area contributed by atoms with E-state index in [-0.39, 0.29) is 23.4 Å². The van der Waals surface area contributed by atoms with Crippen LogP contribution in [0.5, 0.6) is 5.75 Å². The number of benzene rings is 1. The van der Waals surface area contributed by atoms with Crippen LogP contribution < -0.4 is 14.9 Å². The highest BCUT2D eigenvalue weighted by atomic mass is 16.5. The summed E-state index contributed by atoms with van der Waals surface area (Å²) in [6.07, 6.45) is 1.50. The number of rotatable bonds is 1.